The minimum absolute atomic E-state index is 0.0556. The maximum absolute atomic E-state index is 9.47. The van der Waals surface area contributed by atoms with Gasteiger partial charge in [0, 0.05) is 0 Å². The predicted octanol–water partition coefficient (Wildman–Crippen LogP) is -3.51. The highest BCUT2D eigenvalue weighted by molar-refractivity contribution is 5.75. The molecule has 0 fully saturated rings. The van der Waals surface area contributed by atoms with E-state index in [1.165, 1.54) is 0 Å². The van der Waals surface area contributed by atoms with Crippen molar-refractivity contribution in [1.29, 1.82) is 0 Å². The Kier molecular flexibility index (Phi) is 18.7. The summed E-state index contributed by atoms with van der Waals surface area (Å²) in [5.74, 6) is -2.40. The number of amides is 1. The van der Waals surface area contributed by atoms with Crippen LogP contribution in [0.1, 0.15) is 0 Å². The first kappa shape index (κ1) is 19.0. The maximum Gasteiger partial charge on any atom is 0.317 e. The Balaban J connectivity index is -0.000000144. The predicted molar refractivity (Wildman–Crippen MR) is 51.6 cm³/mol. The maximum atomic E-state index is 9.47. The van der Waals surface area contributed by atoms with E-state index < -0.39 is 17.8 Å². The molecule has 0 spiro atoms. The molecule has 0 radical (unpaired) electrons. The van der Waals surface area contributed by atoms with E-state index in [-0.39, 0.29) is 19.6 Å². The number of primary amides is 1. The molecule has 0 unspecified atom stereocenters. The Hall–Kier alpha value is -1.71. The molecule has 0 rings (SSSR count). The van der Waals surface area contributed by atoms with Crippen molar-refractivity contribution >= 4 is 17.8 Å². The molecule has 0 saturated heterocycles. The first-order chi connectivity index (χ1) is 6.81. The second-order valence-electron chi connectivity index (χ2n) is 1.87. The van der Waals surface area contributed by atoms with E-state index in [0.717, 1.165) is 0 Å². The minimum Gasteiger partial charge on any atom is -0.480 e. The first-order valence-corrected chi connectivity index (χ1v) is 3.63. The van der Waals surface area contributed by atoms with Gasteiger partial charge in [-0.05, 0) is 0 Å². The lowest BCUT2D eigenvalue weighted by Gasteiger charge is -1.74. The average molecular weight is 224 g/mol. The molecule has 9 heteroatoms. The fourth-order valence-corrected chi connectivity index (χ4v) is 0. The Morgan fingerprint density at radius 1 is 0.800 bits per heavy atom. The monoisotopic (exact) mass is 224 g/mol. The highest BCUT2D eigenvalue weighted by Crippen LogP contribution is 1.44. The lowest BCUT2D eigenvalue weighted by Crippen LogP contribution is -2.21. The van der Waals surface area contributed by atoms with E-state index in [1.54, 1.807) is 0 Å². The number of nitrogens with two attached hydrogens (primary N) is 4. The molecular formula is C6H16N4O5. The molecule has 9 nitrogen and oxygen atoms in total. The number of hydrogen-bond donors (Lipinski definition) is 6. The van der Waals surface area contributed by atoms with Crippen molar-refractivity contribution in [3.63, 3.8) is 0 Å². The summed E-state index contributed by atoms with van der Waals surface area (Å²) in [5.41, 5.74) is 18.4. The second kappa shape index (κ2) is 14.8. The molecule has 10 N–H and O–H groups in total. The van der Waals surface area contributed by atoms with Crippen molar-refractivity contribution in [2.75, 3.05) is 19.6 Å². The molecule has 0 aliphatic heterocycles. The fraction of sp³-hybridized carbons (Fsp3) is 0.500. The van der Waals surface area contributed by atoms with E-state index in [9.17, 15) is 14.4 Å². The van der Waals surface area contributed by atoms with Gasteiger partial charge in [0.2, 0.25) is 5.91 Å². The van der Waals surface area contributed by atoms with Gasteiger partial charge >= 0.3 is 11.9 Å². The van der Waals surface area contributed by atoms with Gasteiger partial charge in [0.25, 0.3) is 0 Å². The molecule has 0 aliphatic carbocycles. The van der Waals surface area contributed by atoms with Crippen LogP contribution in [0.25, 0.3) is 0 Å². The molecule has 0 aromatic carbocycles. The quantitative estimate of drug-likeness (QED) is 0.283. The van der Waals surface area contributed by atoms with Gasteiger partial charge in [0.15, 0.2) is 0 Å². The normalized spacial score (nSPS) is 7.40. The van der Waals surface area contributed by atoms with Crippen LogP contribution < -0.4 is 22.9 Å². The van der Waals surface area contributed by atoms with Crippen molar-refractivity contribution in [3.8, 4) is 0 Å². The molecule has 90 valence electrons. The van der Waals surface area contributed by atoms with Gasteiger partial charge in [-0.15, -0.1) is 0 Å². The van der Waals surface area contributed by atoms with Crippen LogP contribution in [0.4, 0.5) is 0 Å². The zero-order valence-corrected chi connectivity index (χ0v) is 8.05. The van der Waals surface area contributed by atoms with Gasteiger partial charge in [-0.1, -0.05) is 0 Å². The average Bonchev–Trinajstić information content (AvgIpc) is 2.19. The van der Waals surface area contributed by atoms with Gasteiger partial charge in [-0.2, -0.15) is 0 Å². The van der Waals surface area contributed by atoms with Gasteiger partial charge in [-0.25, -0.2) is 0 Å². The number of carboxylic acid groups (broad SMARTS) is 2. The summed E-state index contributed by atoms with van der Waals surface area (Å²) >= 11 is 0. The number of carboxylic acids is 2. The van der Waals surface area contributed by atoms with Crippen LogP contribution in [0.5, 0.6) is 0 Å². The van der Waals surface area contributed by atoms with Gasteiger partial charge in [0.05, 0.1) is 19.6 Å². The third-order valence-electron chi connectivity index (χ3n) is 0.550. The SMILES string of the molecule is NCC(=O)O.NCC(=O)O.NCC(N)=O. The highest BCUT2D eigenvalue weighted by Gasteiger charge is 1.81. The smallest absolute Gasteiger partial charge is 0.317 e. The van der Waals surface area contributed by atoms with E-state index in [4.69, 9.17) is 15.9 Å². The van der Waals surface area contributed by atoms with Crippen LogP contribution in [0.2, 0.25) is 0 Å². The van der Waals surface area contributed by atoms with Gasteiger partial charge in [-0.3, -0.25) is 14.4 Å². The van der Waals surface area contributed by atoms with Crippen LogP contribution in [-0.4, -0.2) is 47.7 Å². The van der Waals surface area contributed by atoms with Crippen LogP contribution >= 0.6 is 0 Å². The van der Waals surface area contributed by atoms with Crippen molar-refractivity contribution in [1.82, 2.24) is 0 Å². The number of carbonyl (C=O) groups is 3. The summed E-state index contributed by atoms with van der Waals surface area (Å²) in [5, 5.41) is 15.2. The standard InChI is InChI=1S/C2H6N2O.2C2H5NO2/c3*3-1-2(4)5/h1,3H2,(H2,4,5);2*1,3H2,(H,4,5). The molecule has 0 aliphatic rings. The van der Waals surface area contributed by atoms with Crippen LogP contribution in [0.15, 0.2) is 0 Å². The number of rotatable bonds is 3. The van der Waals surface area contributed by atoms with Crippen molar-refractivity contribution in [3.05, 3.63) is 0 Å². The molecule has 0 aromatic heterocycles. The molecule has 15 heavy (non-hydrogen) atoms. The van der Waals surface area contributed by atoms with Crippen molar-refractivity contribution < 1.29 is 24.6 Å². The zero-order chi connectivity index (χ0) is 12.9. The highest BCUT2D eigenvalue weighted by atomic mass is 16.4. The topological polar surface area (TPSA) is 196 Å². The summed E-state index contributed by atoms with van der Waals surface area (Å²) in [7, 11) is 0. The Morgan fingerprint density at radius 2 is 0.933 bits per heavy atom. The molecule has 0 heterocycles. The first-order valence-electron chi connectivity index (χ1n) is 3.63. The number of carbonyl (C=O) groups excluding carboxylic acids is 1. The lowest BCUT2D eigenvalue weighted by molar-refractivity contribution is -0.136. The summed E-state index contributed by atoms with van der Waals surface area (Å²) in [6.07, 6.45) is 0. The Labute approximate surface area is 86.0 Å². The number of hydrogen-bond acceptors (Lipinski definition) is 6. The molecule has 0 bridgehead atoms. The largest absolute Gasteiger partial charge is 0.480 e. The Bertz CT molecular complexity index is 163. The molecule has 0 saturated carbocycles. The number of aliphatic carboxylic acids is 2. The van der Waals surface area contributed by atoms with Crippen molar-refractivity contribution in [2.24, 2.45) is 22.9 Å². The van der Waals surface area contributed by atoms with Gasteiger partial charge in [0.1, 0.15) is 0 Å². The molecule has 0 aromatic rings. The minimum atomic E-state index is -0.968. The fourth-order valence-electron chi connectivity index (χ4n) is 0. The second-order valence-corrected chi connectivity index (χ2v) is 1.87. The third kappa shape index (κ3) is 70.7. The molecule has 1 amide bonds. The summed E-state index contributed by atoms with van der Waals surface area (Å²) in [4.78, 5) is 28.0. The molecule has 0 atom stereocenters. The summed E-state index contributed by atoms with van der Waals surface area (Å²) < 4.78 is 0. The van der Waals surface area contributed by atoms with E-state index in [1.807, 2.05) is 0 Å². The van der Waals surface area contributed by atoms with E-state index in [2.05, 4.69) is 17.2 Å². The van der Waals surface area contributed by atoms with E-state index >= 15 is 0 Å². The molecular weight excluding hydrogens is 208 g/mol. The Morgan fingerprint density at radius 3 is 0.933 bits per heavy atom. The van der Waals surface area contributed by atoms with Crippen LogP contribution in [0.3, 0.4) is 0 Å². The summed E-state index contributed by atoms with van der Waals surface area (Å²) in [6.45, 7) is -0.611. The van der Waals surface area contributed by atoms with Crippen LogP contribution in [0, 0.1) is 0 Å². The van der Waals surface area contributed by atoms with E-state index in [0.29, 0.717) is 0 Å². The summed E-state index contributed by atoms with van der Waals surface area (Å²) in [6, 6.07) is 0. The van der Waals surface area contributed by atoms with Gasteiger partial charge < -0.3 is 33.1 Å². The zero-order valence-electron chi connectivity index (χ0n) is 8.05. The lowest BCUT2D eigenvalue weighted by atomic mass is 10.7. The van der Waals surface area contributed by atoms with Crippen LogP contribution in [-0.2, 0) is 14.4 Å². The van der Waals surface area contributed by atoms with Crippen molar-refractivity contribution in [2.45, 2.75) is 0 Å². The third-order valence-corrected chi connectivity index (χ3v) is 0.550.